The molecule has 1 saturated heterocycles. The number of pyridine rings is 1. The van der Waals surface area contributed by atoms with Gasteiger partial charge in [0.25, 0.3) is 0 Å². The Hall–Kier alpha value is -2.96. The Morgan fingerprint density at radius 3 is 2.82 bits per heavy atom. The maximum Gasteiger partial charge on any atom is 0.322 e. The zero-order valence-corrected chi connectivity index (χ0v) is 15.5. The molecule has 6 nitrogen and oxygen atoms in total. The number of benzene rings is 2. The van der Waals surface area contributed by atoms with E-state index in [1.807, 2.05) is 65.6 Å². The molecule has 0 bridgehead atoms. The molecule has 1 fully saturated rings. The van der Waals surface area contributed by atoms with E-state index in [9.17, 15) is 9.90 Å². The van der Waals surface area contributed by atoms with E-state index in [2.05, 4.69) is 5.32 Å². The van der Waals surface area contributed by atoms with Crippen molar-refractivity contribution >= 4 is 16.9 Å². The first-order chi connectivity index (χ1) is 13.7. The predicted octanol–water partition coefficient (Wildman–Crippen LogP) is 2.67. The number of carboxylic acids is 1. The average molecular weight is 377 g/mol. The Bertz CT molecular complexity index is 962. The lowest BCUT2D eigenvalue weighted by molar-refractivity contribution is -0.144. The molecule has 4 rings (SSSR count). The van der Waals surface area contributed by atoms with Gasteiger partial charge in [0.2, 0.25) is 0 Å². The lowest BCUT2D eigenvalue weighted by Gasteiger charge is -2.33. The topological polar surface area (TPSA) is 74.7 Å². The Morgan fingerprint density at radius 2 is 2.00 bits per heavy atom. The van der Waals surface area contributed by atoms with Gasteiger partial charge >= 0.3 is 5.97 Å². The van der Waals surface area contributed by atoms with Gasteiger partial charge in [-0.1, -0.05) is 48.5 Å². The van der Waals surface area contributed by atoms with Gasteiger partial charge in [0.1, 0.15) is 23.9 Å². The number of aromatic nitrogens is 1. The van der Waals surface area contributed by atoms with Crippen LogP contribution in [0, 0.1) is 0 Å². The number of hydrogen-bond acceptors (Lipinski definition) is 5. The number of ether oxygens (including phenoxy) is 1. The van der Waals surface area contributed by atoms with E-state index in [-0.39, 0.29) is 0 Å². The van der Waals surface area contributed by atoms with Gasteiger partial charge < -0.3 is 15.2 Å². The molecule has 28 heavy (non-hydrogen) atoms. The van der Waals surface area contributed by atoms with Gasteiger partial charge in [0.05, 0.1) is 5.69 Å². The zero-order valence-electron chi connectivity index (χ0n) is 15.5. The Kier molecular flexibility index (Phi) is 5.50. The predicted molar refractivity (Wildman–Crippen MR) is 107 cm³/mol. The summed E-state index contributed by atoms with van der Waals surface area (Å²) in [5.74, 6) is -0.0711. The van der Waals surface area contributed by atoms with Crippen LogP contribution in [-0.2, 0) is 17.9 Å². The van der Waals surface area contributed by atoms with Crippen molar-refractivity contribution in [3.63, 3.8) is 0 Å². The van der Waals surface area contributed by atoms with Gasteiger partial charge in [-0.3, -0.25) is 9.69 Å². The molecule has 1 aliphatic rings. The smallest absolute Gasteiger partial charge is 0.322 e. The largest absolute Gasteiger partial charge is 0.487 e. The molecule has 1 atom stereocenters. The number of rotatable bonds is 6. The fraction of sp³-hybridized carbons (Fsp3) is 0.273. The fourth-order valence-corrected chi connectivity index (χ4v) is 3.49. The van der Waals surface area contributed by atoms with Crippen molar-refractivity contribution in [2.75, 3.05) is 19.6 Å². The number of carboxylic acid groups (broad SMARTS) is 1. The van der Waals surface area contributed by atoms with E-state index in [0.717, 1.165) is 34.5 Å². The molecule has 0 amide bonds. The molecule has 2 N–H and O–H groups in total. The first-order valence-electron chi connectivity index (χ1n) is 9.43. The summed E-state index contributed by atoms with van der Waals surface area (Å²) in [6.07, 6.45) is 0. The standard InChI is InChI=1S/C22H23N3O3/c26-22(27)19-13-23-11-12-25(19)14-18-10-9-17-7-4-8-20(21(17)24-18)28-15-16-5-2-1-3-6-16/h1-10,19,23H,11-15H2,(H,26,27). The van der Waals surface area contributed by atoms with Crippen LogP contribution in [0.1, 0.15) is 11.3 Å². The van der Waals surface area contributed by atoms with Crippen LogP contribution in [-0.4, -0.2) is 46.6 Å². The minimum Gasteiger partial charge on any atom is -0.487 e. The third-order valence-corrected chi connectivity index (χ3v) is 4.98. The van der Waals surface area contributed by atoms with Crippen LogP contribution >= 0.6 is 0 Å². The van der Waals surface area contributed by atoms with Gasteiger partial charge in [-0.05, 0) is 17.7 Å². The summed E-state index contributed by atoms with van der Waals surface area (Å²) < 4.78 is 6.03. The maximum atomic E-state index is 11.5. The Balaban J connectivity index is 1.56. The first kappa shape index (κ1) is 18.4. The molecule has 144 valence electrons. The van der Waals surface area contributed by atoms with Gasteiger partial charge in [0, 0.05) is 31.6 Å². The van der Waals surface area contributed by atoms with Crippen LogP contribution in [0.3, 0.4) is 0 Å². The number of nitrogens with zero attached hydrogens (tertiary/aromatic N) is 2. The summed E-state index contributed by atoms with van der Waals surface area (Å²) in [6, 6.07) is 19.4. The summed E-state index contributed by atoms with van der Waals surface area (Å²) in [7, 11) is 0. The van der Waals surface area contributed by atoms with Gasteiger partial charge in [0.15, 0.2) is 0 Å². The number of piperazine rings is 1. The highest BCUT2D eigenvalue weighted by Gasteiger charge is 2.28. The summed E-state index contributed by atoms with van der Waals surface area (Å²) in [6.45, 7) is 2.90. The van der Waals surface area contributed by atoms with Crippen LogP contribution < -0.4 is 10.1 Å². The lowest BCUT2D eigenvalue weighted by Crippen LogP contribution is -2.54. The highest BCUT2D eigenvalue weighted by molar-refractivity contribution is 5.84. The highest BCUT2D eigenvalue weighted by atomic mass is 16.5. The maximum absolute atomic E-state index is 11.5. The molecule has 0 aliphatic carbocycles. The van der Waals surface area contributed by atoms with E-state index < -0.39 is 12.0 Å². The van der Waals surface area contributed by atoms with Crippen molar-refractivity contribution in [2.45, 2.75) is 19.2 Å². The van der Waals surface area contributed by atoms with E-state index in [1.54, 1.807) is 0 Å². The van der Waals surface area contributed by atoms with Crippen molar-refractivity contribution < 1.29 is 14.6 Å². The van der Waals surface area contributed by atoms with E-state index in [0.29, 0.717) is 26.2 Å². The van der Waals surface area contributed by atoms with Crippen LogP contribution in [0.2, 0.25) is 0 Å². The molecule has 0 spiro atoms. The molecule has 1 unspecified atom stereocenters. The SMILES string of the molecule is O=C(O)C1CNCCN1Cc1ccc2cccc(OCc3ccccc3)c2n1. The van der Waals surface area contributed by atoms with Crippen LogP contribution in [0.15, 0.2) is 60.7 Å². The van der Waals surface area contributed by atoms with Gasteiger partial charge in [-0.25, -0.2) is 4.98 Å². The summed E-state index contributed by atoms with van der Waals surface area (Å²) in [5, 5.41) is 13.6. The number of carbonyl (C=O) groups is 1. The quantitative estimate of drug-likeness (QED) is 0.688. The second-order valence-electron chi connectivity index (χ2n) is 6.93. The summed E-state index contributed by atoms with van der Waals surface area (Å²) in [5.41, 5.74) is 2.75. The third kappa shape index (κ3) is 4.13. The van der Waals surface area contributed by atoms with Gasteiger partial charge in [-0.2, -0.15) is 0 Å². The van der Waals surface area contributed by atoms with Crippen LogP contribution in [0.25, 0.3) is 10.9 Å². The molecule has 1 aliphatic heterocycles. The van der Waals surface area contributed by atoms with Crippen molar-refractivity contribution in [1.29, 1.82) is 0 Å². The van der Waals surface area contributed by atoms with Crippen molar-refractivity contribution in [2.24, 2.45) is 0 Å². The zero-order chi connectivity index (χ0) is 19.3. The first-order valence-corrected chi connectivity index (χ1v) is 9.43. The number of para-hydroxylation sites is 1. The molecule has 2 heterocycles. The van der Waals surface area contributed by atoms with Crippen molar-refractivity contribution in [1.82, 2.24) is 15.2 Å². The molecule has 0 radical (unpaired) electrons. The molecule has 0 saturated carbocycles. The molecular weight excluding hydrogens is 354 g/mol. The van der Waals surface area contributed by atoms with Crippen molar-refractivity contribution in [3.05, 3.63) is 71.9 Å². The lowest BCUT2D eigenvalue weighted by atomic mass is 10.1. The average Bonchev–Trinajstić information content (AvgIpc) is 2.73. The fourth-order valence-electron chi connectivity index (χ4n) is 3.49. The van der Waals surface area contributed by atoms with Crippen LogP contribution in [0.4, 0.5) is 0 Å². The normalized spacial score (nSPS) is 17.5. The van der Waals surface area contributed by atoms with E-state index >= 15 is 0 Å². The molecular formula is C22H23N3O3. The second-order valence-corrected chi connectivity index (χ2v) is 6.93. The second kappa shape index (κ2) is 8.37. The molecule has 3 aromatic rings. The Labute approximate surface area is 163 Å². The third-order valence-electron chi connectivity index (χ3n) is 4.98. The van der Waals surface area contributed by atoms with E-state index in [4.69, 9.17) is 9.72 Å². The summed E-state index contributed by atoms with van der Waals surface area (Å²) >= 11 is 0. The number of aliphatic carboxylic acids is 1. The minimum absolute atomic E-state index is 0.453. The number of nitrogens with one attached hydrogen (secondary N) is 1. The van der Waals surface area contributed by atoms with E-state index in [1.165, 1.54) is 0 Å². The monoisotopic (exact) mass is 377 g/mol. The van der Waals surface area contributed by atoms with Gasteiger partial charge in [-0.15, -0.1) is 0 Å². The minimum atomic E-state index is -0.806. The highest BCUT2D eigenvalue weighted by Crippen LogP contribution is 2.25. The number of fused-ring (bicyclic) bond motifs is 1. The molecule has 1 aromatic heterocycles. The Morgan fingerprint density at radius 1 is 1.14 bits per heavy atom. The molecule has 2 aromatic carbocycles. The summed E-state index contributed by atoms with van der Waals surface area (Å²) in [4.78, 5) is 18.3. The van der Waals surface area contributed by atoms with Crippen molar-refractivity contribution in [3.8, 4) is 5.75 Å². The molecule has 6 heteroatoms. The number of hydrogen-bond donors (Lipinski definition) is 2. The van der Waals surface area contributed by atoms with Crippen LogP contribution in [0.5, 0.6) is 5.75 Å².